The maximum atomic E-state index is 11.8. The highest BCUT2D eigenvalue weighted by Gasteiger charge is 2.51. The summed E-state index contributed by atoms with van der Waals surface area (Å²) in [5.74, 6) is 0.335. The topological polar surface area (TPSA) is 116 Å². The first-order valence-corrected chi connectivity index (χ1v) is 10.1. The van der Waals surface area contributed by atoms with Gasteiger partial charge >= 0.3 is 0 Å². The number of hydrogen-bond donors (Lipinski definition) is 2. The summed E-state index contributed by atoms with van der Waals surface area (Å²) in [6.07, 6.45) is -2.34. The van der Waals surface area contributed by atoms with Gasteiger partial charge in [-0.2, -0.15) is 0 Å². The zero-order valence-electron chi connectivity index (χ0n) is 15.9. The molecule has 1 aromatic carbocycles. The number of aliphatic hydroxyl groups is 1. The number of aliphatic hydroxyl groups excluding tert-OH is 1. The molecule has 0 saturated carbocycles. The molecule has 1 amide bonds. The van der Waals surface area contributed by atoms with Gasteiger partial charge in [0, 0.05) is 11.4 Å². The number of aldehydes is 1. The van der Waals surface area contributed by atoms with Crippen molar-refractivity contribution in [2.24, 2.45) is 0 Å². The number of carbonyl (C=O) groups excluding carboxylic acids is 2. The second-order valence-electron chi connectivity index (χ2n) is 6.96. The molecular formula is C20H20BrNO8. The van der Waals surface area contributed by atoms with Gasteiger partial charge < -0.3 is 33.8 Å². The van der Waals surface area contributed by atoms with Crippen LogP contribution in [-0.2, 0) is 19.0 Å². The number of rotatable bonds is 5. The smallest absolute Gasteiger partial charge is 0.223 e. The molecule has 160 valence electrons. The second kappa shape index (κ2) is 8.86. The highest BCUT2D eigenvalue weighted by Crippen LogP contribution is 2.35. The Morgan fingerprint density at radius 1 is 1.33 bits per heavy atom. The van der Waals surface area contributed by atoms with Crippen molar-refractivity contribution in [3.63, 3.8) is 0 Å². The van der Waals surface area contributed by atoms with Gasteiger partial charge in [-0.1, -0.05) is 15.9 Å². The Bertz CT molecular complexity index is 904. The first-order valence-electron chi connectivity index (χ1n) is 9.28. The molecule has 6 atom stereocenters. The van der Waals surface area contributed by atoms with E-state index < -0.39 is 36.9 Å². The number of nitrogens with one attached hydrogen (secondary N) is 1. The van der Waals surface area contributed by atoms with E-state index in [2.05, 4.69) is 21.2 Å². The minimum Gasteiger partial charge on any atom is -0.464 e. The summed E-state index contributed by atoms with van der Waals surface area (Å²) in [5, 5.41) is 13.6. The van der Waals surface area contributed by atoms with Crippen LogP contribution in [0.15, 0.2) is 45.5 Å². The van der Waals surface area contributed by atoms with E-state index in [-0.39, 0.29) is 18.3 Å². The third-order valence-electron chi connectivity index (χ3n) is 4.85. The molecule has 0 aliphatic carbocycles. The number of ether oxygens (including phenoxy) is 4. The third kappa shape index (κ3) is 4.28. The molecule has 9 nitrogen and oxygen atoms in total. The lowest BCUT2D eigenvalue weighted by Crippen LogP contribution is -2.67. The molecular weight excluding hydrogens is 462 g/mol. The van der Waals surface area contributed by atoms with E-state index in [1.165, 1.54) is 13.2 Å². The third-order valence-corrected chi connectivity index (χ3v) is 5.35. The van der Waals surface area contributed by atoms with Crippen LogP contribution in [0.1, 0.15) is 29.3 Å². The molecule has 2 aromatic rings. The van der Waals surface area contributed by atoms with Gasteiger partial charge in [0.25, 0.3) is 0 Å². The standard InChI is InChI=1S/C20H20BrNO8/c1-10(24)22-16-17(25)18-15(9-27-19(30-18)14-3-2-6-26-14)29-20(16)28-13-5-4-12(21)7-11(13)8-23/h2-8,15-20,25H,9H2,1H3,(H,22,24). The Hall–Kier alpha value is -2.24. The maximum Gasteiger partial charge on any atom is 0.223 e. The fourth-order valence-corrected chi connectivity index (χ4v) is 3.87. The Balaban J connectivity index is 1.56. The summed E-state index contributed by atoms with van der Waals surface area (Å²) in [4.78, 5) is 23.2. The predicted molar refractivity (Wildman–Crippen MR) is 105 cm³/mol. The van der Waals surface area contributed by atoms with Crippen molar-refractivity contribution in [1.82, 2.24) is 5.32 Å². The van der Waals surface area contributed by atoms with Crippen LogP contribution < -0.4 is 10.1 Å². The summed E-state index contributed by atoms with van der Waals surface area (Å²) >= 11 is 3.30. The van der Waals surface area contributed by atoms with Gasteiger partial charge in [-0.25, -0.2) is 0 Å². The van der Waals surface area contributed by atoms with E-state index in [0.717, 1.165) is 0 Å². The average molecular weight is 482 g/mol. The number of halogens is 1. The van der Waals surface area contributed by atoms with Crippen LogP contribution in [0.2, 0.25) is 0 Å². The van der Waals surface area contributed by atoms with Gasteiger partial charge in [0.1, 0.15) is 30.1 Å². The summed E-state index contributed by atoms with van der Waals surface area (Å²) in [5.41, 5.74) is 0.292. The van der Waals surface area contributed by atoms with E-state index in [0.29, 0.717) is 22.1 Å². The van der Waals surface area contributed by atoms with Crippen LogP contribution >= 0.6 is 15.9 Å². The van der Waals surface area contributed by atoms with Crippen molar-refractivity contribution in [3.8, 4) is 5.75 Å². The fourth-order valence-electron chi connectivity index (χ4n) is 3.49. The van der Waals surface area contributed by atoms with Crippen molar-refractivity contribution >= 4 is 28.1 Å². The molecule has 1 aromatic heterocycles. The molecule has 3 heterocycles. The molecule has 2 fully saturated rings. The number of hydrogen-bond acceptors (Lipinski definition) is 8. The summed E-state index contributed by atoms with van der Waals surface area (Å²) in [6, 6.07) is 7.36. The number of fused-ring (bicyclic) bond motifs is 1. The molecule has 0 bridgehead atoms. The first kappa shape index (κ1) is 21.0. The van der Waals surface area contributed by atoms with E-state index in [9.17, 15) is 14.7 Å². The lowest BCUT2D eigenvalue weighted by atomic mass is 9.96. The molecule has 10 heteroatoms. The van der Waals surface area contributed by atoms with Crippen LogP contribution in [0, 0.1) is 0 Å². The van der Waals surface area contributed by atoms with Crippen LogP contribution in [0.25, 0.3) is 0 Å². The molecule has 0 spiro atoms. The van der Waals surface area contributed by atoms with Crippen LogP contribution in [0.3, 0.4) is 0 Å². The molecule has 0 radical (unpaired) electrons. The molecule has 6 unspecified atom stereocenters. The van der Waals surface area contributed by atoms with Gasteiger partial charge in [-0.3, -0.25) is 9.59 Å². The zero-order valence-corrected chi connectivity index (χ0v) is 17.5. The fraction of sp³-hybridized carbons (Fsp3) is 0.400. The lowest BCUT2D eigenvalue weighted by Gasteiger charge is -2.47. The van der Waals surface area contributed by atoms with Gasteiger partial charge in [0.15, 0.2) is 12.0 Å². The van der Waals surface area contributed by atoms with E-state index >= 15 is 0 Å². The Morgan fingerprint density at radius 2 is 2.17 bits per heavy atom. The average Bonchev–Trinajstić information content (AvgIpc) is 3.26. The number of benzene rings is 1. The van der Waals surface area contributed by atoms with Crippen molar-refractivity contribution in [1.29, 1.82) is 0 Å². The molecule has 2 aliphatic rings. The van der Waals surface area contributed by atoms with E-state index in [1.807, 2.05) is 0 Å². The number of furan rings is 1. The predicted octanol–water partition coefficient (Wildman–Crippen LogP) is 1.94. The van der Waals surface area contributed by atoms with E-state index in [4.69, 9.17) is 23.4 Å². The van der Waals surface area contributed by atoms with E-state index in [1.54, 1.807) is 30.3 Å². The SMILES string of the molecule is CC(=O)NC1C(Oc2ccc(Br)cc2C=O)OC2COC(c3ccco3)OC2C1O. The zero-order chi connectivity index (χ0) is 21.3. The summed E-state index contributed by atoms with van der Waals surface area (Å²) < 4.78 is 29.4. The number of amides is 1. The van der Waals surface area contributed by atoms with Crippen molar-refractivity contribution in [2.45, 2.75) is 43.9 Å². The number of carbonyl (C=O) groups is 2. The van der Waals surface area contributed by atoms with Crippen LogP contribution in [0.4, 0.5) is 0 Å². The molecule has 2 aliphatic heterocycles. The second-order valence-corrected chi connectivity index (χ2v) is 7.87. The summed E-state index contributed by atoms with van der Waals surface area (Å²) in [7, 11) is 0. The van der Waals surface area contributed by atoms with Gasteiger partial charge in [0.2, 0.25) is 18.5 Å². The van der Waals surface area contributed by atoms with Crippen molar-refractivity contribution in [3.05, 3.63) is 52.4 Å². The maximum absolute atomic E-state index is 11.8. The van der Waals surface area contributed by atoms with Crippen molar-refractivity contribution in [2.75, 3.05) is 6.61 Å². The molecule has 4 rings (SSSR count). The minimum atomic E-state index is -1.16. The lowest BCUT2D eigenvalue weighted by molar-refractivity contribution is -0.336. The first-order chi connectivity index (χ1) is 14.5. The Labute approximate surface area is 180 Å². The molecule has 2 N–H and O–H groups in total. The van der Waals surface area contributed by atoms with Gasteiger partial charge in [-0.15, -0.1) is 0 Å². The van der Waals surface area contributed by atoms with Crippen molar-refractivity contribution < 1.29 is 38.1 Å². The highest BCUT2D eigenvalue weighted by molar-refractivity contribution is 9.10. The van der Waals surface area contributed by atoms with Gasteiger partial charge in [0.05, 0.1) is 18.4 Å². The van der Waals surface area contributed by atoms with Gasteiger partial charge in [-0.05, 0) is 30.3 Å². The summed E-state index contributed by atoms with van der Waals surface area (Å²) in [6.45, 7) is 1.43. The van der Waals surface area contributed by atoms with Crippen LogP contribution in [0.5, 0.6) is 5.75 Å². The minimum absolute atomic E-state index is 0.112. The Morgan fingerprint density at radius 3 is 2.87 bits per heavy atom. The molecule has 30 heavy (non-hydrogen) atoms. The largest absolute Gasteiger partial charge is 0.464 e. The monoisotopic (exact) mass is 481 g/mol. The Kier molecular flexibility index (Phi) is 6.21. The van der Waals surface area contributed by atoms with Crippen LogP contribution in [-0.4, -0.2) is 54.6 Å². The molecule has 2 saturated heterocycles. The normalized spacial score (nSPS) is 30.9. The highest BCUT2D eigenvalue weighted by atomic mass is 79.9. The quantitative estimate of drug-likeness (QED) is 0.622.